The Labute approximate surface area is 175 Å². The second-order valence-electron chi connectivity index (χ2n) is 6.95. The molecule has 1 heterocycles. The fraction of sp³-hybridized carbons (Fsp3) is 0.238. The van der Waals surface area contributed by atoms with Crippen LogP contribution in [0.2, 0.25) is 0 Å². The first-order chi connectivity index (χ1) is 13.6. The maximum absolute atomic E-state index is 12.9. The van der Waals surface area contributed by atoms with Gasteiger partial charge in [0.1, 0.15) is 9.88 Å². The van der Waals surface area contributed by atoms with Crippen LogP contribution < -0.4 is 5.32 Å². The molecule has 8 heteroatoms. The summed E-state index contributed by atoms with van der Waals surface area (Å²) in [6.07, 6.45) is 0. The molecular formula is C21H23N3O3S2. The Kier molecular flexibility index (Phi) is 5.88. The van der Waals surface area contributed by atoms with Gasteiger partial charge in [0.25, 0.3) is 5.91 Å². The average Bonchev–Trinajstić information content (AvgIpc) is 3.07. The standard InChI is InChI=1S/C21H23N3O3S2/c1-13-11-17(29(26,27)24(4)5)12-18(14(13)2)23-20(25)19-15(3)22-21(28-19)16-9-7-6-8-10-16/h6-12H,1-5H3,(H,23,25). The molecule has 3 rings (SSSR count). The van der Waals surface area contributed by atoms with Crippen molar-refractivity contribution in [2.75, 3.05) is 19.4 Å². The number of benzene rings is 2. The molecule has 3 aromatic rings. The second kappa shape index (κ2) is 8.06. The van der Waals surface area contributed by atoms with Gasteiger partial charge in [0.15, 0.2) is 0 Å². The fourth-order valence-corrected chi connectivity index (χ4v) is 4.79. The van der Waals surface area contributed by atoms with Crippen LogP contribution in [0.1, 0.15) is 26.5 Å². The van der Waals surface area contributed by atoms with E-state index in [1.807, 2.05) is 44.2 Å². The van der Waals surface area contributed by atoms with Crippen LogP contribution in [0, 0.1) is 20.8 Å². The van der Waals surface area contributed by atoms with Gasteiger partial charge in [-0.1, -0.05) is 30.3 Å². The van der Waals surface area contributed by atoms with Gasteiger partial charge in [0.2, 0.25) is 10.0 Å². The molecule has 6 nitrogen and oxygen atoms in total. The number of nitrogens with zero attached hydrogens (tertiary/aromatic N) is 2. The van der Waals surface area contributed by atoms with E-state index in [4.69, 9.17) is 0 Å². The molecule has 0 aliphatic rings. The van der Waals surface area contributed by atoms with Crippen LogP contribution in [-0.2, 0) is 10.0 Å². The van der Waals surface area contributed by atoms with E-state index in [-0.39, 0.29) is 10.8 Å². The summed E-state index contributed by atoms with van der Waals surface area (Å²) in [7, 11) is -0.645. The summed E-state index contributed by atoms with van der Waals surface area (Å²) in [5.41, 5.74) is 3.67. The van der Waals surface area contributed by atoms with E-state index in [2.05, 4.69) is 10.3 Å². The molecule has 152 valence electrons. The molecule has 0 saturated carbocycles. The highest BCUT2D eigenvalue weighted by Gasteiger charge is 2.22. The van der Waals surface area contributed by atoms with Gasteiger partial charge in [0.05, 0.1) is 10.6 Å². The van der Waals surface area contributed by atoms with E-state index in [1.165, 1.54) is 31.5 Å². The first-order valence-electron chi connectivity index (χ1n) is 8.99. The molecule has 0 bridgehead atoms. The number of hydrogen-bond donors (Lipinski definition) is 1. The lowest BCUT2D eigenvalue weighted by Gasteiger charge is -2.16. The third kappa shape index (κ3) is 4.24. The lowest BCUT2D eigenvalue weighted by atomic mass is 10.1. The summed E-state index contributed by atoms with van der Waals surface area (Å²) in [5, 5.41) is 3.64. The third-order valence-electron chi connectivity index (χ3n) is 4.69. The van der Waals surface area contributed by atoms with Crippen molar-refractivity contribution < 1.29 is 13.2 Å². The number of carbonyl (C=O) groups is 1. The van der Waals surface area contributed by atoms with Crippen molar-refractivity contribution in [3.63, 3.8) is 0 Å². The van der Waals surface area contributed by atoms with E-state index < -0.39 is 10.0 Å². The topological polar surface area (TPSA) is 79.4 Å². The molecule has 0 unspecified atom stereocenters. The van der Waals surface area contributed by atoms with Crippen molar-refractivity contribution in [3.8, 4) is 10.6 Å². The lowest BCUT2D eigenvalue weighted by Crippen LogP contribution is -2.23. The van der Waals surface area contributed by atoms with Crippen LogP contribution in [0.3, 0.4) is 0 Å². The minimum Gasteiger partial charge on any atom is -0.321 e. The van der Waals surface area contributed by atoms with Crippen molar-refractivity contribution >= 4 is 33.0 Å². The Balaban J connectivity index is 1.96. The number of aryl methyl sites for hydroxylation is 2. The molecule has 0 radical (unpaired) electrons. The zero-order chi connectivity index (χ0) is 21.3. The lowest BCUT2D eigenvalue weighted by molar-refractivity contribution is 0.102. The third-order valence-corrected chi connectivity index (χ3v) is 7.69. The number of aromatic nitrogens is 1. The maximum Gasteiger partial charge on any atom is 0.267 e. The Hall–Kier alpha value is -2.55. The molecule has 0 aliphatic heterocycles. The predicted molar refractivity (Wildman–Crippen MR) is 117 cm³/mol. The van der Waals surface area contributed by atoms with Crippen LogP contribution in [0.25, 0.3) is 10.6 Å². The van der Waals surface area contributed by atoms with Crippen molar-refractivity contribution in [2.45, 2.75) is 25.7 Å². The summed E-state index contributed by atoms with van der Waals surface area (Å²) >= 11 is 1.32. The molecule has 1 amide bonds. The number of amides is 1. The summed E-state index contributed by atoms with van der Waals surface area (Å²) in [4.78, 5) is 18.1. The number of hydrogen-bond acceptors (Lipinski definition) is 5. The molecule has 2 aromatic carbocycles. The van der Waals surface area contributed by atoms with Crippen molar-refractivity contribution in [2.24, 2.45) is 0 Å². The monoisotopic (exact) mass is 429 g/mol. The summed E-state index contributed by atoms with van der Waals surface area (Å²) in [6.45, 7) is 5.47. The predicted octanol–water partition coefficient (Wildman–Crippen LogP) is 4.24. The van der Waals surface area contributed by atoms with Crippen LogP contribution in [0.5, 0.6) is 0 Å². The molecule has 29 heavy (non-hydrogen) atoms. The first kappa shape index (κ1) is 21.2. The van der Waals surface area contributed by atoms with Gasteiger partial charge in [-0.3, -0.25) is 4.79 Å². The van der Waals surface area contributed by atoms with Crippen LogP contribution >= 0.6 is 11.3 Å². The van der Waals surface area contributed by atoms with Crippen molar-refractivity contribution in [3.05, 3.63) is 64.2 Å². The highest BCUT2D eigenvalue weighted by Crippen LogP contribution is 2.30. The Morgan fingerprint density at radius 2 is 1.72 bits per heavy atom. The van der Waals surface area contributed by atoms with E-state index in [1.54, 1.807) is 13.0 Å². The molecule has 0 atom stereocenters. The van der Waals surface area contributed by atoms with Gasteiger partial charge in [-0.2, -0.15) is 0 Å². The highest BCUT2D eigenvalue weighted by molar-refractivity contribution is 7.89. The van der Waals surface area contributed by atoms with Crippen LogP contribution in [-0.4, -0.2) is 37.7 Å². The zero-order valence-electron chi connectivity index (χ0n) is 17.0. The van der Waals surface area contributed by atoms with Crippen molar-refractivity contribution in [1.82, 2.24) is 9.29 Å². The largest absolute Gasteiger partial charge is 0.321 e. The SMILES string of the molecule is Cc1cc(S(=O)(=O)N(C)C)cc(NC(=O)c2sc(-c3ccccc3)nc2C)c1C. The van der Waals surface area contributed by atoms with Crippen LogP contribution in [0.4, 0.5) is 5.69 Å². The minimum atomic E-state index is -3.61. The normalized spacial score (nSPS) is 11.7. The Bertz CT molecular complexity index is 1170. The number of thiazole rings is 1. The van der Waals surface area contributed by atoms with E-state index in [0.717, 1.165) is 26.0 Å². The molecule has 1 aromatic heterocycles. The molecule has 1 N–H and O–H groups in total. The summed E-state index contributed by atoms with van der Waals surface area (Å²) in [5.74, 6) is -0.302. The van der Waals surface area contributed by atoms with E-state index in [0.29, 0.717) is 16.3 Å². The number of nitrogens with one attached hydrogen (secondary N) is 1. The molecule has 0 fully saturated rings. The molecule has 0 spiro atoms. The minimum absolute atomic E-state index is 0.145. The van der Waals surface area contributed by atoms with Crippen molar-refractivity contribution in [1.29, 1.82) is 0 Å². The van der Waals surface area contributed by atoms with E-state index >= 15 is 0 Å². The van der Waals surface area contributed by atoms with Gasteiger partial charge in [0, 0.05) is 25.3 Å². The highest BCUT2D eigenvalue weighted by atomic mass is 32.2. The van der Waals surface area contributed by atoms with Gasteiger partial charge in [-0.25, -0.2) is 17.7 Å². The number of carbonyl (C=O) groups excluding carboxylic acids is 1. The fourth-order valence-electron chi connectivity index (χ4n) is 2.81. The molecule has 0 aliphatic carbocycles. The van der Waals surface area contributed by atoms with Gasteiger partial charge in [-0.05, 0) is 44.0 Å². The van der Waals surface area contributed by atoms with Gasteiger partial charge in [-0.15, -0.1) is 11.3 Å². The first-order valence-corrected chi connectivity index (χ1v) is 11.2. The van der Waals surface area contributed by atoms with Gasteiger partial charge < -0.3 is 5.32 Å². The van der Waals surface area contributed by atoms with Crippen LogP contribution in [0.15, 0.2) is 47.4 Å². The van der Waals surface area contributed by atoms with Gasteiger partial charge >= 0.3 is 0 Å². The number of rotatable bonds is 5. The van der Waals surface area contributed by atoms with E-state index in [9.17, 15) is 13.2 Å². The summed E-state index contributed by atoms with van der Waals surface area (Å²) < 4.78 is 26.2. The molecular weight excluding hydrogens is 406 g/mol. The Morgan fingerprint density at radius 3 is 2.34 bits per heavy atom. The maximum atomic E-state index is 12.9. The second-order valence-corrected chi connectivity index (χ2v) is 10.1. The zero-order valence-corrected chi connectivity index (χ0v) is 18.6. The smallest absolute Gasteiger partial charge is 0.267 e. The quantitative estimate of drug-likeness (QED) is 0.658. The Morgan fingerprint density at radius 1 is 1.07 bits per heavy atom. The number of anilines is 1. The molecule has 0 saturated heterocycles. The summed E-state index contributed by atoms with van der Waals surface area (Å²) in [6, 6.07) is 12.8. The number of sulfonamides is 1. The average molecular weight is 430 g/mol.